The van der Waals surface area contributed by atoms with Crippen LogP contribution in [0.15, 0.2) is 48.9 Å². The number of ether oxygens (including phenoxy) is 2. The largest absolute Gasteiger partial charge is 0.495 e. The van der Waals surface area contributed by atoms with Crippen LogP contribution >= 0.6 is 11.6 Å². The van der Waals surface area contributed by atoms with E-state index >= 15 is 0 Å². The molecule has 1 aromatic carbocycles. The molecule has 7 nitrogen and oxygen atoms in total. The summed E-state index contributed by atoms with van der Waals surface area (Å²) >= 11 is 6.16. The molecule has 0 aliphatic heterocycles. The first-order chi connectivity index (χ1) is 13.6. The van der Waals surface area contributed by atoms with Gasteiger partial charge in [0.05, 0.1) is 24.9 Å². The number of benzene rings is 1. The van der Waals surface area contributed by atoms with Gasteiger partial charge in [0.1, 0.15) is 17.3 Å². The van der Waals surface area contributed by atoms with Gasteiger partial charge in [0, 0.05) is 44.3 Å². The van der Waals surface area contributed by atoms with Gasteiger partial charge in [0.2, 0.25) is 5.95 Å². The molecule has 0 amide bonds. The molecule has 2 heterocycles. The summed E-state index contributed by atoms with van der Waals surface area (Å²) < 4.78 is 10.7. The average molecular weight is 400 g/mol. The number of pyridine rings is 1. The molecule has 28 heavy (non-hydrogen) atoms. The minimum absolute atomic E-state index is 0.455. The fraction of sp³-hybridized carbons (Fsp3) is 0.250. The monoisotopic (exact) mass is 399 g/mol. The van der Waals surface area contributed by atoms with Gasteiger partial charge in [-0.25, -0.2) is 4.98 Å². The molecule has 8 heteroatoms. The molecule has 0 saturated carbocycles. The zero-order chi connectivity index (χ0) is 19.9. The summed E-state index contributed by atoms with van der Waals surface area (Å²) in [6, 6.07) is 9.34. The van der Waals surface area contributed by atoms with E-state index in [0.29, 0.717) is 28.2 Å². The Morgan fingerprint density at radius 3 is 2.50 bits per heavy atom. The molecule has 0 aliphatic carbocycles. The van der Waals surface area contributed by atoms with Crippen LogP contribution in [-0.2, 0) is 6.42 Å². The molecule has 0 radical (unpaired) electrons. The molecule has 146 valence electrons. The summed E-state index contributed by atoms with van der Waals surface area (Å²) in [5, 5.41) is 3.64. The van der Waals surface area contributed by atoms with Gasteiger partial charge < -0.3 is 19.7 Å². The Bertz CT molecular complexity index is 924. The van der Waals surface area contributed by atoms with Crippen LogP contribution in [0.25, 0.3) is 0 Å². The van der Waals surface area contributed by atoms with E-state index in [1.54, 1.807) is 44.9 Å². The van der Waals surface area contributed by atoms with Crippen molar-refractivity contribution >= 4 is 29.1 Å². The van der Waals surface area contributed by atoms with Gasteiger partial charge >= 0.3 is 0 Å². The normalized spacial score (nSPS) is 10.4. The summed E-state index contributed by atoms with van der Waals surface area (Å²) in [5.74, 6) is 2.38. The van der Waals surface area contributed by atoms with Gasteiger partial charge in [-0.1, -0.05) is 11.6 Å². The SMILES string of the molecule is COc1cc(Nc2nccc(N(C)CCc3ccncc3)n2)c(OC)cc1Cl. The predicted molar refractivity (Wildman–Crippen MR) is 111 cm³/mol. The lowest BCUT2D eigenvalue weighted by Gasteiger charge is -2.19. The second-order valence-electron chi connectivity index (χ2n) is 6.08. The van der Waals surface area contributed by atoms with E-state index in [1.807, 2.05) is 25.2 Å². The number of anilines is 3. The molecule has 0 atom stereocenters. The van der Waals surface area contributed by atoms with Crippen LogP contribution in [0.4, 0.5) is 17.5 Å². The molecule has 0 saturated heterocycles. The lowest BCUT2D eigenvalue weighted by molar-refractivity contribution is 0.405. The van der Waals surface area contributed by atoms with Crippen molar-refractivity contribution in [2.24, 2.45) is 0 Å². The Hall–Kier alpha value is -3.06. The van der Waals surface area contributed by atoms with Crippen LogP contribution in [0.5, 0.6) is 11.5 Å². The Balaban J connectivity index is 1.74. The topological polar surface area (TPSA) is 72.4 Å². The Morgan fingerprint density at radius 1 is 1.04 bits per heavy atom. The molecule has 0 spiro atoms. The fourth-order valence-corrected chi connectivity index (χ4v) is 2.89. The number of hydrogen-bond acceptors (Lipinski definition) is 7. The molecule has 0 aliphatic rings. The summed E-state index contributed by atoms with van der Waals surface area (Å²) in [6.45, 7) is 0.818. The van der Waals surface area contributed by atoms with Crippen LogP contribution in [-0.4, -0.2) is 42.8 Å². The molecular weight excluding hydrogens is 378 g/mol. The molecule has 1 N–H and O–H groups in total. The number of aromatic nitrogens is 3. The highest BCUT2D eigenvalue weighted by Crippen LogP contribution is 2.36. The number of hydrogen-bond donors (Lipinski definition) is 1. The van der Waals surface area contributed by atoms with E-state index in [-0.39, 0.29) is 0 Å². The average Bonchev–Trinajstić information content (AvgIpc) is 2.73. The lowest BCUT2D eigenvalue weighted by atomic mass is 10.2. The number of nitrogens with one attached hydrogen (secondary N) is 1. The minimum atomic E-state index is 0.455. The number of likely N-dealkylation sites (N-methyl/N-ethyl adjacent to an activating group) is 1. The first kappa shape index (κ1) is 19.7. The summed E-state index contributed by atoms with van der Waals surface area (Å²) in [7, 11) is 5.14. The van der Waals surface area contributed by atoms with Gasteiger partial charge in [-0.3, -0.25) is 4.98 Å². The maximum absolute atomic E-state index is 6.16. The van der Waals surface area contributed by atoms with Gasteiger partial charge in [0.25, 0.3) is 0 Å². The third kappa shape index (κ3) is 4.80. The first-order valence-electron chi connectivity index (χ1n) is 8.72. The zero-order valence-corrected chi connectivity index (χ0v) is 16.8. The van der Waals surface area contributed by atoms with Gasteiger partial charge in [-0.2, -0.15) is 4.98 Å². The van der Waals surface area contributed by atoms with E-state index in [9.17, 15) is 0 Å². The van der Waals surface area contributed by atoms with Crippen molar-refractivity contribution in [2.45, 2.75) is 6.42 Å². The summed E-state index contributed by atoms with van der Waals surface area (Å²) in [6.07, 6.45) is 6.22. The molecule has 0 bridgehead atoms. The molecule has 0 unspecified atom stereocenters. The third-order valence-corrected chi connectivity index (χ3v) is 4.53. The van der Waals surface area contributed by atoms with Crippen molar-refractivity contribution in [3.8, 4) is 11.5 Å². The highest BCUT2D eigenvalue weighted by molar-refractivity contribution is 6.32. The van der Waals surface area contributed by atoms with E-state index < -0.39 is 0 Å². The van der Waals surface area contributed by atoms with Crippen LogP contribution in [0.2, 0.25) is 5.02 Å². The second kappa shape index (κ2) is 9.23. The quantitative estimate of drug-likeness (QED) is 0.614. The Labute approximate surface area is 169 Å². The fourth-order valence-electron chi connectivity index (χ4n) is 2.66. The standard InChI is InChI=1S/C20H22ClN5O2/c1-26(11-7-14-4-8-22-9-5-14)19-6-10-23-20(25-19)24-16-13-17(27-2)15(21)12-18(16)28-3/h4-6,8-10,12-13H,7,11H2,1-3H3,(H,23,24,25). The zero-order valence-electron chi connectivity index (χ0n) is 16.0. The molecule has 2 aromatic heterocycles. The smallest absolute Gasteiger partial charge is 0.229 e. The Morgan fingerprint density at radius 2 is 1.79 bits per heavy atom. The molecular formula is C20H22ClN5O2. The lowest BCUT2D eigenvalue weighted by Crippen LogP contribution is -2.21. The van der Waals surface area contributed by atoms with Crippen molar-refractivity contribution in [2.75, 3.05) is 38.0 Å². The van der Waals surface area contributed by atoms with Crippen molar-refractivity contribution in [3.63, 3.8) is 0 Å². The van der Waals surface area contributed by atoms with E-state index in [4.69, 9.17) is 21.1 Å². The second-order valence-corrected chi connectivity index (χ2v) is 6.48. The van der Waals surface area contributed by atoms with Crippen molar-refractivity contribution < 1.29 is 9.47 Å². The number of halogens is 1. The number of rotatable bonds is 8. The van der Waals surface area contributed by atoms with Crippen molar-refractivity contribution in [3.05, 3.63) is 59.5 Å². The van der Waals surface area contributed by atoms with Gasteiger partial charge in [-0.15, -0.1) is 0 Å². The predicted octanol–water partition coefficient (Wildman–Crippen LogP) is 3.96. The van der Waals surface area contributed by atoms with Gasteiger partial charge in [-0.05, 0) is 30.2 Å². The maximum atomic E-state index is 6.16. The van der Waals surface area contributed by atoms with Crippen LogP contribution in [0.3, 0.4) is 0 Å². The van der Waals surface area contributed by atoms with E-state index in [1.165, 1.54) is 5.56 Å². The highest BCUT2D eigenvalue weighted by atomic mass is 35.5. The number of methoxy groups -OCH3 is 2. The molecule has 3 rings (SSSR count). The summed E-state index contributed by atoms with van der Waals surface area (Å²) in [4.78, 5) is 15.0. The molecule has 3 aromatic rings. The van der Waals surface area contributed by atoms with Crippen molar-refractivity contribution in [1.82, 2.24) is 15.0 Å². The van der Waals surface area contributed by atoms with Crippen molar-refractivity contribution in [1.29, 1.82) is 0 Å². The summed E-state index contributed by atoms with van der Waals surface area (Å²) in [5.41, 5.74) is 1.90. The van der Waals surface area contributed by atoms with Crippen LogP contribution in [0.1, 0.15) is 5.56 Å². The first-order valence-corrected chi connectivity index (χ1v) is 9.10. The van der Waals surface area contributed by atoms with Crippen LogP contribution < -0.4 is 19.7 Å². The minimum Gasteiger partial charge on any atom is -0.495 e. The van der Waals surface area contributed by atoms with E-state index in [0.717, 1.165) is 18.8 Å². The highest BCUT2D eigenvalue weighted by Gasteiger charge is 2.12. The molecule has 0 fully saturated rings. The van der Waals surface area contributed by atoms with Crippen LogP contribution in [0, 0.1) is 0 Å². The number of nitrogens with zero attached hydrogens (tertiary/aromatic N) is 4. The van der Waals surface area contributed by atoms with Gasteiger partial charge in [0.15, 0.2) is 0 Å². The van der Waals surface area contributed by atoms with E-state index in [2.05, 4.69) is 25.2 Å². The third-order valence-electron chi connectivity index (χ3n) is 4.24. The Kier molecular flexibility index (Phi) is 6.49. The maximum Gasteiger partial charge on any atom is 0.229 e.